The highest BCUT2D eigenvalue weighted by molar-refractivity contribution is 5.87. The molecule has 0 amide bonds. The number of rotatable bonds is 3. The zero-order valence-corrected chi connectivity index (χ0v) is 10.6. The lowest BCUT2D eigenvalue weighted by Crippen LogP contribution is -1.97. The third kappa shape index (κ3) is 2.80. The minimum atomic E-state index is -0.808. The van der Waals surface area contributed by atoms with Gasteiger partial charge in [-0.2, -0.15) is 0 Å². The second-order valence-corrected chi connectivity index (χ2v) is 4.14. The number of aromatic hydroxyl groups is 1. The SMILES string of the molecule is Cc1ncc(CO)c(C=Nc2ccc(F)cc2F)c1O. The number of halogens is 2. The van der Waals surface area contributed by atoms with Crippen molar-refractivity contribution >= 4 is 11.9 Å². The van der Waals surface area contributed by atoms with Crippen molar-refractivity contribution in [2.24, 2.45) is 4.99 Å². The van der Waals surface area contributed by atoms with Crippen molar-refractivity contribution in [3.8, 4) is 5.75 Å². The normalized spacial score (nSPS) is 11.2. The molecule has 0 aliphatic carbocycles. The topological polar surface area (TPSA) is 65.7 Å². The molecule has 0 fully saturated rings. The summed E-state index contributed by atoms with van der Waals surface area (Å²) in [4.78, 5) is 7.76. The van der Waals surface area contributed by atoms with Gasteiger partial charge < -0.3 is 10.2 Å². The second kappa shape index (κ2) is 5.75. The molecular formula is C14H12F2N2O2. The largest absolute Gasteiger partial charge is 0.505 e. The average Bonchev–Trinajstić information content (AvgIpc) is 2.42. The van der Waals surface area contributed by atoms with Crippen LogP contribution >= 0.6 is 0 Å². The van der Waals surface area contributed by atoms with E-state index in [4.69, 9.17) is 0 Å². The van der Waals surface area contributed by atoms with Crippen molar-refractivity contribution < 1.29 is 19.0 Å². The lowest BCUT2D eigenvalue weighted by atomic mass is 10.1. The molecule has 0 atom stereocenters. The molecule has 104 valence electrons. The maximum absolute atomic E-state index is 13.4. The molecule has 0 aliphatic heterocycles. The maximum atomic E-state index is 13.4. The molecule has 1 aromatic carbocycles. The van der Waals surface area contributed by atoms with Gasteiger partial charge in [0.15, 0.2) is 5.82 Å². The van der Waals surface area contributed by atoms with E-state index >= 15 is 0 Å². The number of hydrogen-bond acceptors (Lipinski definition) is 4. The van der Waals surface area contributed by atoms with Gasteiger partial charge in [-0.25, -0.2) is 8.78 Å². The minimum Gasteiger partial charge on any atom is -0.505 e. The van der Waals surface area contributed by atoms with Crippen LogP contribution in [-0.4, -0.2) is 21.4 Å². The number of aromatic nitrogens is 1. The van der Waals surface area contributed by atoms with Gasteiger partial charge in [-0.05, 0) is 19.1 Å². The van der Waals surface area contributed by atoms with E-state index in [1.165, 1.54) is 18.5 Å². The molecule has 1 aromatic heterocycles. The highest BCUT2D eigenvalue weighted by Crippen LogP contribution is 2.24. The van der Waals surface area contributed by atoms with Gasteiger partial charge in [0.2, 0.25) is 0 Å². The number of nitrogens with zero attached hydrogens (tertiary/aromatic N) is 2. The van der Waals surface area contributed by atoms with Crippen molar-refractivity contribution in [1.29, 1.82) is 0 Å². The lowest BCUT2D eigenvalue weighted by molar-refractivity contribution is 0.280. The van der Waals surface area contributed by atoms with Crippen molar-refractivity contribution in [3.63, 3.8) is 0 Å². The Balaban J connectivity index is 2.43. The van der Waals surface area contributed by atoms with Crippen LogP contribution in [0.4, 0.5) is 14.5 Å². The molecule has 2 N–H and O–H groups in total. The number of aliphatic hydroxyl groups excluding tert-OH is 1. The summed E-state index contributed by atoms with van der Waals surface area (Å²) in [7, 11) is 0. The zero-order chi connectivity index (χ0) is 14.7. The number of pyridine rings is 1. The van der Waals surface area contributed by atoms with Crippen LogP contribution in [0.25, 0.3) is 0 Å². The Morgan fingerprint density at radius 1 is 1.35 bits per heavy atom. The Morgan fingerprint density at radius 2 is 2.10 bits per heavy atom. The van der Waals surface area contributed by atoms with Gasteiger partial charge in [0, 0.05) is 29.6 Å². The van der Waals surface area contributed by atoms with Crippen molar-refractivity contribution in [2.45, 2.75) is 13.5 Å². The predicted octanol–water partition coefficient (Wildman–Crippen LogP) is 2.62. The molecule has 0 unspecified atom stereocenters. The first-order valence-corrected chi connectivity index (χ1v) is 5.80. The summed E-state index contributed by atoms with van der Waals surface area (Å²) in [5.41, 5.74) is 0.912. The van der Waals surface area contributed by atoms with E-state index in [-0.39, 0.29) is 23.6 Å². The quantitative estimate of drug-likeness (QED) is 0.848. The van der Waals surface area contributed by atoms with E-state index in [1.54, 1.807) is 6.92 Å². The van der Waals surface area contributed by atoms with Gasteiger partial charge >= 0.3 is 0 Å². The molecular weight excluding hydrogens is 266 g/mol. The summed E-state index contributed by atoms with van der Waals surface area (Å²) in [5.74, 6) is -1.64. The van der Waals surface area contributed by atoms with E-state index in [0.717, 1.165) is 12.1 Å². The Bertz CT molecular complexity index is 672. The Hall–Kier alpha value is -2.34. The van der Waals surface area contributed by atoms with Gasteiger partial charge in [-0.15, -0.1) is 0 Å². The number of aliphatic hydroxyl groups is 1. The first kappa shape index (κ1) is 14.1. The summed E-state index contributed by atoms with van der Waals surface area (Å²) < 4.78 is 26.2. The van der Waals surface area contributed by atoms with E-state index in [1.807, 2.05) is 0 Å². The Morgan fingerprint density at radius 3 is 2.75 bits per heavy atom. The highest BCUT2D eigenvalue weighted by Gasteiger charge is 2.10. The summed E-state index contributed by atoms with van der Waals surface area (Å²) in [6.07, 6.45) is 2.61. The van der Waals surface area contributed by atoms with Crippen LogP contribution in [0.3, 0.4) is 0 Å². The smallest absolute Gasteiger partial charge is 0.151 e. The molecule has 0 radical (unpaired) electrons. The fraction of sp³-hybridized carbons (Fsp3) is 0.143. The molecule has 20 heavy (non-hydrogen) atoms. The van der Waals surface area contributed by atoms with Crippen LogP contribution in [0.1, 0.15) is 16.8 Å². The van der Waals surface area contributed by atoms with Crippen LogP contribution in [-0.2, 0) is 6.61 Å². The number of aryl methyl sites for hydroxylation is 1. The van der Waals surface area contributed by atoms with Crippen LogP contribution in [0, 0.1) is 18.6 Å². The Labute approximate surface area is 114 Å². The van der Waals surface area contributed by atoms with Crippen LogP contribution in [0.2, 0.25) is 0 Å². The minimum absolute atomic E-state index is 0.0656. The van der Waals surface area contributed by atoms with E-state index in [0.29, 0.717) is 11.3 Å². The third-order valence-electron chi connectivity index (χ3n) is 2.77. The molecule has 6 heteroatoms. The monoisotopic (exact) mass is 278 g/mol. The van der Waals surface area contributed by atoms with Crippen molar-refractivity contribution in [3.05, 3.63) is 52.9 Å². The molecule has 2 aromatic rings. The summed E-state index contributed by atoms with van der Waals surface area (Å²) in [6, 6.07) is 2.99. The number of benzene rings is 1. The van der Waals surface area contributed by atoms with E-state index in [2.05, 4.69) is 9.98 Å². The van der Waals surface area contributed by atoms with Crippen molar-refractivity contribution in [2.75, 3.05) is 0 Å². The Kier molecular flexibility index (Phi) is 4.05. The van der Waals surface area contributed by atoms with E-state index < -0.39 is 11.6 Å². The van der Waals surface area contributed by atoms with Gasteiger partial charge in [-0.1, -0.05) is 0 Å². The predicted molar refractivity (Wildman–Crippen MR) is 70.2 cm³/mol. The molecule has 4 nitrogen and oxygen atoms in total. The lowest BCUT2D eigenvalue weighted by Gasteiger charge is -2.07. The number of aliphatic imine (C=N–C) groups is 1. The highest BCUT2D eigenvalue weighted by atomic mass is 19.1. The molecule has 0 aliphatic rings. The fourth-order valence-electron chi connectivity index (χ4n) is 1.64. The van der Waals surface area contributed by atoms with Crippen LogP contribution in [0.5, 0.6) is 5.75 Å². The average molecular weight is 278 g/mol. The molecule has 0 spiro atoms. The molecule has 0 saturated heterocycles. The number of hydrogen-bond donors (Lipinski definition) is 2. The molecule has 0 saturated carbocycles. The first-order valence-electron chi connectivity index (χ1n) is 5.80. The van der Waals surface area contributed by atoms with Crippen molar-refractivity contribution in [1.82, 2.24) is 4.98 Å². The third-order valence-corrected chi connectivity index (χ3v) is 2.77. The van der Waals surface area contributed by atoms with Crippen LogP contribution in [0.15, 0.2) is 29.4 Å². The van der Waals surface area contributed by atoms with Gasteiger partial charge in [0.05, 0.1) is 18.0 Å². The zero-order valence-electron chi connectivity index (χ0n) is 10.6. The fourth-order valence-corrected chi connectivity index (χ4v) is 1.64. The van der Waals surface area contributed by atoms with Crippen LogP contribution < -0.4 is 0 Å². The summed E-state index contributed by atoms with van der Waals surface area (Å²) in [5, 5.41) is 19.1. The summed E-state index contributed by atoms with van der Waals surface area (Å²) in [6.45, 7) is 1.25. The van der Waals surface area contributed by atoms with Gasteiger partial charge in [0.25, 0.3) is 0 Å². The van der Waals surface area contributed by atoms with E-state index in [9.17, 15) is 19.0 Å². The summed E-state index contributed by atoms with van der Waals surface area (Å²) >= 11 is 0. The standard InChI is InChI=1S/C14H12F2N2O2/c1-8-14(20)11(9(7-19)5-17-8)6-18-13-3-2-10(15)4-12(13)16/h2-6,19-20H,7H2,1H3. The molecule has 1 heterocycles. The van der Waals surface area contributed by atoms with Gasteiger partial charge in [-0.3, -0.25) is 9.98 Å². The van der Waals surface area contributed by atoms with Gasteiger partial charge in [0.1, 0.15) is 11.6 Å². The maximum Gasteiger partial charge on any atom is 0.151 e. The second-order valence-electron chi connectivity index (χ2n) is 4.14. The molecule has 0 bridgehead atoms. The first-order chi connectivity index (χ1) is 9.52. The molecule has 2 rings (SSSR count).